The van der Waals surface area contributed by atoms with Gasteiger partial charge in [-0.1, -0.05) is 19.8 Å². The zero-order valence-electron chi connectivity index (χ0n) is 10.3. The van der Waals surface area contributed by atoms with Crippen LogP contribution < -0.4 is 5.32 Å². The Morgan fingerprint density at radius 3 is 2.75 bits per heavy atom. The Morgan fingerprint density at radius 2 is 2.19 bits per heavy atom. The van der Waals surface area contributed by atoms with Crippen LogP contribution in [0.1, 0.15) is 39.0 Å². The van der Waals surface area contributed by atoms with Crippen molar-refractivity contribution in [3.63, 3.8) is 0 Å². The van der Waals surface area contributed by atoms with Gasteiger partial charge in [-0.05, 0) is 30.8 Å². The van der Waals surface area contributed by atoms with Crippen LogP contribution in [0, 0.1) is 0 Å². The van der Waals surface area contributed by atoms with E-state index in [-0.39, 0.29) is 12.0 Å². The Hall–Kier alpha value is -0.220. The Balaban J connectivity index is 2.33. The van der Waals surface area contributed by atoms with Gasteiger partial charge in [-0.25, -0.2) is 0 Å². The lowest BCUT2D eigenvalue weighted by Gasteiger charge is -2.20. The highest BCUT2D eigenvalue weighted by Gasteiger charge is 2.24. The van der Waals surface area contributed by atoms with E-state index in [9.17, 15) is 4.79 Å². The van der Waals surface area contributed by atoms with Crippen molar-refractivity contribution in [2.45, 2.75) is 51.1 Å². The summed E-state index contributed by atoms with van der Waals surface area (Å²) >= 11 is 1.87. The fourth-order valence-corrected chi connectivity index (χ4v) is 2.83. The van der Waals surface area contributed by atoms with Crippen molar-refractivity contribution in [2.24, 2.45) is 0 Å². The fraction of sp³-hybridized carbons (Fsp3) is 0.917. The number of carbonyl (C=O) groups is 1. The number of methoxy groups -OCH3 is 1. The number of rotatable bonds is 7. The molecule has 0 bridgehead atoms. The van der Waals surface area contributed by atoms with Gasteiger partial charge in [0.15, 0.2) is 0 Å². The predicted octanol–water partition coefficient (Wildman–Crippen LogP) is 2.20. The number of hydrogen-bond acceptors (Lipinski definition) is 4. The van der Waals surface area contributed by atoms with E-state index in [1.165, 1.54) is 32.8 Å². The number of esters is 1. The monoisotopic (exact) mass is 245 g/mol. The second kappa shape index (κ2) is 7.96. The average Bonchev–Trinajstić information content (AvgIpc) is 2.80. The van der Waals surface area contributed by atoms with Gasteiger partial charge < -0.3 is 10.1 Å². The second-order valence-corrected chi connectivity index (χ2v) is 5.60. The summed E-state index contributed by atoms with van der Waals surface area (Å²) < 4.78 is 4.84. The molecule has 94 valence electrons. The van der Waals surface area contributed by atoms with Gasteiger partial charge in [-0.3, -0.25) is 4.79 Å². The van der Waals surface area contributed by atoms with Gasteiger partial charge in [-0.2, -0.15) is 11.8 Å². The van der Waals surface area contributed by atoms with Gasteiger partial charge in [0.2, 0.25) is 0 Å². The third kappa shape index (κ3) is 4.74. The molecule has 1 unspecified atom stereocenters. The highest BCUT2D eigenvalue weighted by molar-refractivity contribution is 7.99. The maximum absolute atomic E-state index is 11.6. The van der Waals surface area contributed by atoms with Gasteiger partial charge in [-0.15, -0.1) is 0 Å². The third-order valence-corrected chi connectivity index (χ3v) is 3.97. The number of nitrogens with one attached hydrogen (secondary N) is 1. The van der Waals surface area contributed by atoms with Crippen molar-refractivity contribution >= 4 is 17.7 Å². The molecule has 16 heavy (non-hydrogen) atoms. The molecule has 0 aromatic heterocycles. The van der Waals surface area contributed by atoms with E-state index in [2.05, 4.69) is 12.2 Å². The molecular weight excluding hydrogens is 222 g/mol. The molecular formula is C12H23NO2S. The molecule has 3 nitrogen and oxygen atoms in total. The molecule has 0 saturated heterocycles. The van der Waals surface area contributed by atoms with Crippen molar-refractivity contribution in [3.05, 3.63) is 0 Å². The molecule has 1 aliphatic carbocycles. The normalized spacial score (nSPS) is 18.6. The largest absolute Gasteiger partial charge is 0.468 e. The molecule has 0 spiro atoms. The Labute approximate surface area is 103 Å². The van der Waals surface area contributed by atoms with Gasteiger partial charge >= 0.3 is 5.97 Å². The number of thioether (sulfide) groups is 1. The van der Waals surface area contributed by atoms with Gasteiger partial charge in [0, 0.05) is 6.04 Å². The summed E-state index contributed by atoms with van der Waals surface area (Å²) in [6, 6.07) is 0.419. The molecule has 1 saturated carbocycles. The van der Waals surface area contributed by atoms with Crippen LogP contribution in [0.25, 0.3) is 0 Å². The zero-order chi connectivity index (χ0) is 11.8. The Bertz CT molecular complexity index is 205. The molecule has 4 heteroatoms. The summed E-state index contributed by atoms with van der Waals surface area (Å²) in [4.78, 5) is 11.6. The molecule has 0 aliphatic heterocycles. The van der Waals surface area contributed by atoms with E-state index < -0.39 is 0 Å². The minimum Gasteiger partial charge on any atom is -0.468 e. The summed E-state index contributed by atoms with van der Waals surface area (Å²) in [7, 11) is 1.47. The number of hydrogen-bond donors (Lipinski definition) is 1. The Morgan fingerprint density at radius 1 is 1.50 bits per heavy atom. The van der Waals surface area contributed by atoms with E-state index in [1.54, 1.807) is 0 Å². The van der Waals surface area contributed by atoms with Crippen LogP contribution >= 0.6 is 11.8 Å². The second-order valence-electron chi connectivity index (χ2n) is 4.21. The van der Waals surface area contributed by atoms with Crippen LogP contribution in [0.3, 0.4) is 0 Å². The summed E-state index contributed by atoms with van der Waals surface area (Å²) in [5, 5.41) is 3.44. The molecule has 0 aromatic carbocycles. The average molecular weight is 245 g/mol. The van der Waals surface area contributed by atoms with E-state index in [0.717, 1.165) is 17.9 Å². The summed E-state index contributed by atoms with van der Waals surface area (Å²) in [6.07, 6.45) is 5.86. The van der Waals surface area contributed by atoms with Crippen LogP contribution in [0.2, 0.25) is 0 Å². The van der Waals surface area contributed by atoms with Gasteiger partial charge in [0.1, 0.15) is 6.04 Å². The quantitative estimate of drug-likeness (QED) is 0.551. The first-order chi connectivity index (χ1) is 7.77. The Kier molecular flexibility index (Phi) is 6.88. The molecule has 1 atom stereocenters. The van der Waals surface area contributed by atoms with Crippen LogP contribution in [0.15, 0.2) is 0 Å². The molecule has 0 aromatic rings. The van der Waals surface area contributed by atoms with Crippen LogP contribution in [-0.4, -0.2) is 36.7 Å². The van der Waals surface area contributed by atoms with Crippen LogP contribution in [0.4, 0.5) is 0 Å². The zero-order valence-corrected chi connectivity index (χ0v) is 11.1. The van der Waals surface area contributed by atoms with Crippen LogP contribution in [0.5, 0.6) is 0 Å². The first kappa shape index (κ1) is 13.8. The lowest BCUT2D eigenvalue weighted by atomic mass is 10.1. The van der Waals surface area contributed by atoms with Gasteiger partial charge in [0.05, 0.1) is 7.11 Å². The highest BCUT2D eigenvalue weighted by Crippen LogP contribution is 2.19. The SMILES string of the molecule is CCSCCC(NC1CCCC1)C(=O)OC. The molecule has 0 amide bonds. The maximum Gasteiger partial charge on any atom is 0.322 e. The van der Waals surface area contributed by atoms with Crippen molar-refractivity contribution in [1.82, 2.24) is 5.32 Å². The van der Waals surface area contributed by atoms with Gasteiger partial charge in [0.25, 0.3) is 0 Å². The van der Waals surface area contributed by atoms with Crippen LogP contribution in [-0.2, 0) is 9.53 Å². The fourth-order valence-electron chi connectivity index (χ4n) is 2.13. The van der Waals surface area contributed by atoms with Crippen molar-refractivity contribution in [3.8, 4) is 0 Å². The molecule has 1 rings (SSSR count). The molecule has 1 N–H and O–H groups in total. The number of carbonyl (C=O) groups excluding carboxylic acids is 1. The standard InChI is InChI=1S/C12H23NO2S/c1-3-16-9-8-11(12(14)15-2)13-10-6-4-5-7-10/h10-11,13H,3-9H2,1-2H3. The molecule has 0 radical (unpaired) electrons. The van der Waals surface area contributed by atoms with E-state index in [4.69, 9.17) is 4.74 Å². The maximum atomic E-state index is 11.6. The van der Waals surface area contributed by atoms with E-state index >= 15 is 0 Å². The topological polar surface area (TPSA) is 38.3 Å². The molecule has 1 aliphatic rings. The predicted molar refractivity (Wildman–Crippen MR) is 68.8 cm³/mol. The summed E-state index contributed by atoms with van der Waals surface area (Å²) in [5.74, 6) is 2.02. The first-order valence-corrected chi connectivity index (χ1v) is 7.35. The minimum absolute atomic E-state index is 0.104. The lowest BCUT2D eigenvalue weighted by Crippen LogP contribution is -2.43. The summed E-state index contributed by atoms with van der Waals surface area (Å²) in [5.41, 5.74) is 0. The van der Waals surface area contributed by atoms with E-state index in [0.29, 0.717) is 6.04 Å². The third-order valence-electron chi connectivity index (χ3n) is 3.03. The smallest absolute Gasteiger partial charge is 0.322 e. The van der Waals surface area contributed by atoms with Crippen molar-refractivity contribution in [1.29, 1.82) is 0 Å². The first-order valence-electron chi connectivity index (χ1n) is 6.19. The van der Waals surface area contributed by atoms with E-state index in [1.807, 2.05) is 11.8 Å². The lowest BCUT2D eigenvalue weighted by molar-refractivity contribution is -0.143. The molecule has 1 fully saturated rings. The minimum atomic E-state index is -0.108. The molecule has 0 heterocycles. The van der Waals surface area contributed by atoms with Crippen molar-refractivity contribution in [2.75, 3.05) is 18.6 Å². The number of ether oxygens (including phenoxy) is 1. The van der Waals surface area contributed by atoms with Crippen molar-refractivity contribution < 1.29 is 9.53 Å². The highest BCUT2D eigenvalue weighted by atomic mass is 32.2. The summed E-state index contributed by atoms with van der Waals surface area (Å²) in [6.45, 7) is 2.14.